The maximum Gasteiger partial charge on any atom is 0.344 e. The lowest BCUT2D eigenvalue weighted by Gasteiger charge is -2.14. The summed E-state index contributed by atoms with van der Waals surface area (Å²) in [6, 6.07) is 5.73. The predicted octanol–water partition coefficient (Wildman–Crippen LogP) is 2.57. The Kier molecular flexibility index (Phi) is 6.89. The van der Waals surface area contributed by atoms with E-state index in [1.165, 1.54) is 12.5 Å². The number of nitrogens with one attached hydrogen (secondary N) is 1. The SMILES string of the molecule is CCNC(=O)[C@H](C)OC(=O)COc1ccc(C(C)C)c(C)c1. The van der Waals surface area contributed by atoms with E-state index in [9.17, 15) is 9.59 Å². The Hall–Kier alpha value is -2.04. The highest BCUT2D eigenvalue weighted by Gasteiger charge is 2.17. The average Bonchev–Trinajstić information content (AvgIpc) is 2.45. The third kappa shape index (κ3) is 5.39. The minimum atomic E-state index is -0.818. The Morgan fingerprint density at radius 3 is 2.45 bits per heavy atom. The number of carbonyl (C=O) groups is 2. The molecule has 0 saturated carbocycles. The van der Waals surface area contributed by atoms with Gasteiger partial charge in [-0.1, -0.05) is 19.9 Å². The van der Waals surface area contributed by atoms with Crippen molar-refractivity contribution in [3.63, 3.8) is 0 Å². The van der Waals surface area contributed by atoms with Gasteiger partial charge in [0.1, 0.15) is 5.75 Å². The Morgan fingerprint density at radius 1 is 1.23 bits per heavy atom. The molecule has 122 valence electrons. The number of benzene rings is 1. The molecule has 5 nitrogen and oxygen atoms in total. The number of amides is 1. The zero-order chi connectivity index (χ0) is 16.7. The van der Waals surface area contributed by atoms with Gasteiger partial charge in [0, 0.05) is 6.54 Å². The highest BCUT2D eigenvalue weighted by atomic mass is 16.6. The molecule has 1 aromatic carbocycles. The fraction of sp³-hybridized carbons (Fsp3) is 0.529. The zero-order valence-corrected chi connectivity index (χ0v) is 13.9. The van der Waals surface area contributed by atoms with Crippen LogP contribution in [0.15, 0.2) is 18.2 Å². The molecular weight excluding hydrogens is 282 g/mol. The Balaban J connectivity index is 2.51. The number of hydrogen-bond acceptors (Lipinski definition) is 4. The summed E-state index contributed by atoms with van der Waals surface area (Å²) >= 11 is 0. The van der Waals surface area contributed by atoms with Crippen LogP contribution in [0.4, 0.5) is 0 Å². The van der Waals surface area contributed by atoms with Crippen LogP contribution in [0.25, 0.3) is 0 Å². The molecule has 0 bridgehead atoms. The van der Waals surface area contributed by atoms with Crippen LogP contribution in [0.2, 0.25) is 0 Å². The molecule has 0 spiro atoms. The predicted molar refractivity (Wildman–Crippen MR) is 85.0 cm³/mol. The van der Waals surface area contributed by atoms with E-state index in [1.807, 2.05) is 25.1 Å². The van der Waals surface area contributed by atoms with E-state index in [2.05, 4.69) is 19.2 Å². The van der Waals surface area contributed by atoms with Crippen molar-refractivity contribution in [2.75, 3.05) is 13.2 Å². The number of hydrogen-bond donors (Lipinski definition) is 1. The summed E-state index contributed by atoms with van der Waals surface area (Å²) in [5.41, 5.74) is 2.37. The van der Waals surface area contributed by atoms with Gasteiger partial charge in [-0.2, -0.15) is 0 Å². The highest BCUT2D eigenvalue weighted by Crippen LogP contribution is 2.23. The number of carbonyl (C=O) groups excluding carboxylic acids is 2. The Morgan fingerprint density at radius 2 is 1.91 bits per heavy atom. The van der Waals surface area contributed by atoms with E-state index in [-0.39, 0.29) is 12.5 Å². The summed E-state index contributed by atoms with van der Waals surface area (Å²) in [6.45, 7) is 9.88. The van der Waals surface area contributed by atoms with Crippen LogP contribution in [0.3, 0.4) is 0 Å². The Bertz CT molecular complexity index is 525. The van der Waals surface area contributed by atoms with Crippen LogP contribution in [-0.4, -0.2) is 31.1 Å². The average molecular weight is 307 g/mol. The monoisotopic (exact) mass is 307 g/mol. The van der Waals surface area contributed by atoms with Crippen LogP contribution in [0.1, 0.15) is 44.7 Å². The second-order valence-corrected chi connectivity index (χ2v) is 5.49. The van der Waals surface area contributed by atoms with E-state index in [0.29, 0.717) is 18.2 Å². The van der Waals surface area contributed by atoms with Gasteiger partial charge in [-0.05, 0) is 49.9 Å². The summed E-state index contributed by atoms with van der Waals surface area (Å²) in [7, 11) is 0. The molecular formula is C17H25NO4. The van der Waals surface area contributed by atoms with Gasteiger partial charge in [0.25, 0.3) is 5.91 Å². The largest absolute Gasteiger partial charge is 0.482 e. The molecule has 5 heteroatoms. The number of ether oxygens (including phenoxy) is 2. The molecule has 1 rings (SSSR count). The van der Waals surface area contributed by atoms with E-state index in [4.69, 9.17) is 9.47 Å². The number of esters is 1. The first-order valence-electron chi connectivity index (χ1n) is 7.55. The van der Waals surface area contributed by atoms with Gasteiger partial charge in [0.05, 0.1) is 0 Å². The van der Waals surface area contributed by atoms with Gasteiger partial charge >= 0.3 is 5.97 Å². The molecule has 1 aromatic rings. The van der Waals surface area contributed by atoms with Crippen molar-refractivity contribution >= 4 is 11.9 Å². The molecule has 0 aromatic heterocycles. The van der Waals surface area contributed by atoms with Crippen LogP contribution < -0.4 is 10.1 Å². The second-order valence-electron chi connectivity index (χ2n) is 5.49. The molecule has 0 fully saturated rings. The molecule has 1 N–H and O–H groups in total. The minimum absolute atomic E-state index is 0.218. The van der Waals surface area contributed by atoms with Crippen molar-refractivity contribution in [1.29, 1.82) is 0 Å². The normalized spacial score (nSPS) is 11.9. The standard InChI is InChI=1S/C17H25NO4/c1-6-18-17(20)13(5)22-16(19)10-21-14-7-8-15(11(2)3)12(4)9-14/h7-9,11,13H,6,10H2,1-5H3,(H,18,20)/t13-/m0/s1. The van der Waals surface area contributed by atoms with Crippen molar-refractivity contribution in [2.45, 2.75) is 46.6 Å². The number of rotatable bonds is 7. The van der Waals surface area contributed by atoms with Gasteiger partial charge in [0.2, 0.25) is 0 Å². The maximum atomic E-state index is 11.7. The summed E-state index contributed by atoms with van der Waals surface area (Å²) < 4.78 is 10.4. The third-order valence-corrected chi connectivity index (χ3v) is 3.25. The van der Waals surface area contributed by atoms with Gasteiger partial charge < -0.3 is 14.8 Å². The van der Waals surface area contributed by atoms with Gasteiger partial charge in [-0.15, -0.1) is 0 Å². The quantitative estimate of drug-likeness (QED) is 0.786. The molecule has 0 aliphatic rings. The van der Waals surface area contributed by atoms with Crippen molar-refractivity contribution in [3.8, 4) is 5.75 Å². The van der Waals surface area contributed by atoms with Crippen LogP contribution in [0.5, 0.6) is 5.75 Å². The van der Waals surface area contributed by atoms with Gasteiger partial charge in [0.15, 0.2) is 12.7 Å². The molecule has 1 amide bonds. The van der Waals surface area contributed by atoms with Crippen molar-refractivity contribution in [1.82, 2.24) is 5.32 Å². The lowest BCUT2D eigenvalue weighted by Crippen LogP contribution is -2.36. The summed E-state index contributed by atoms with van der Waals surface area (Å²) in [5, 5.41) is 2.59. The molecule has 0 saturated heterocycles. The first kappa shape index (κ1) is 18.0. The van der Waals surface area contributed by atoms with Crippen molar-refractivity contribution in [3.05, 3.63) is 29.3 Å². The van der Waals surface area contributed by atoms with Gasteiger partial charge in [-0.25, -0.2) is 4.79 Å². The van der Waals surface area contributed by atoms with E-state index < -0.39 is 12.1 Å². The lowest BCUT2D eigenvalue weighted by atomic mass is 9.98. The molecule has 0 heterocycles. The first-order chi connectivity index (χ1) is 10.3. The maximum absolute atomic E-state index is 11.7. The molecule has 0 aliphatic heterocycles. The van der Waals surface area contributed by atoms with Crippen molar-refractivity contribution < 1.29 is 19.1 Å². The van der Waals surface area contributed by atoms with Gasteiger partial charge in [-0.3, -0.25) is 4.79 Å². The lowest BCUT2D eigenvalue weighted by molar-refractivity contribution is -0.156. The fourth-order valence-electron chi connectivity index (χ4n) is 2.13. The summed E-state index contributed by atoms with van der Waals surface area (Å²) in [4.78, 5) is 23.1. The number of aryl methyl sites for hydroxylation is 1. The minimum Gasteiger partial charge on any atom is -0.482 e. The Labute approximate surface area is 132 Å². The molecule has 1 atom stereocenters. The molecule has 0 aliphatic carbocycles. The number of likely N-dealkylation sites (N-methyl/N-ethyl adjacent to an activating group) is 1. The van der Waals surface area contributed by atoms with E-state index >= 15 is 0 Å². The highest BCUT2D eigenvalue weighted by molar-refractivity contribution is 5.83. The molecule has 0 unspecified atom stereocenters. The summed E-state index contributed by atoms with van der Waals surface area (Å²) in [5.74, 6) is 0.179. The second kappa shape index (κ2) is 8.41. The van der Waals surface area contributed by atoms with Crippen LogP contribution in [-0.2, 0) is 14.3 Å². The van der Waals surface area contributed by atoms with E-state index in [0.717, 1.165) is 5.56 Å². The summed E-state index contributed by atoms with van der Waals surface area (Å²) in [6.07, 6.45) is -0.818. The molecule has 22 heavy (non-hydrogen) atoms. The van der Waals surface area contributed by atoms with Crippen molar-refractivity contribution in [2.24, 2.45) is 0 Å². The van der Waals surface area contributed by atoms with Crippen LogP contribution in [0, 0.1) is 6.92 Å². The zero-order valence-electron chi connectivity index (χ0n) is 13.9. The third-order valence-electron chi connectivity index (χ3n) is 3.25. The fourth-order valence-corrected chi connectivity index (χ4v) is 2.13. The van der Waals surface area contributed by atoms with Crippen LogP contribution >= 0.6 is 0 Å². The molecule has 0 radical (unpaired) electrons. The van der Waals surface area contributed by atoms with E-state index in [1.54, 1.807) is 6.92 Å². The smallest absolute Gasteiger partial charge is 0.344 e. The topological polar surface area (TPSA) is 64.6 Å². The first-order valence-corrected chi connectivity index (χ1v) is 7.55.